The zero-order valence-electron chi connectivity index (χ0n) is 23.7. The minimum Gasteiger partial charge on any atom is -0.497 e. The number of hydrazone groups is 1. The van der Waals surface area contributed by atoms with E-state index in [9.17, 15) is 13.2 Å². The molecule has 0 aliphatic heterocycles. The van der Waals surface area contributed by atoms with Gasteiger partial charge >= 0.3 is 0 Å². The fraction of sp³-hybridized carbons (Fsp3) is 0.310. The molecule has 0 aliphatic carbocycles. The first kappa shape index (κ1) is 31.1. The molecule has 0 saturated heterocycles. The molecule has 0 spiro atoms. The smallest absolute Gasteiger partial charge is 0.265 e. The lowest BCUT2D eigenvalue weighted by molar-refractivity contribution is -0.119. The summed E-state index contributed by atoms with van der Waals surface area (Å²) < 4.78 is 55.7. The monoisotopic (exact) mass is 585 g/mol. The van der Waals surface area contributed by atoms with Gasteiger partial charge in [0.1, 0.15) is 23.8 Å². The Kier molecular flexibility index (Phi) is 11.2. The van der Waals surface area contributed by atoms with Crippen molar-refractivity contribution in [1.29, 1.82) is 0 Å². The molecule has 0 heterocycles. The molecular formula is C29H35N3O8S. The predicted octanol–water partition coefficient (Wildman–Crippen LogP) is 4.25. The highest BCUT2D eigenvalue weighted by Gasteiger charge is 2.31. The summed E-state index contributed by atoms with van der Waals surface area (Å²) in [6, 6.07) is 16.0. The molecule has 0 unspecified atom stereocenters. The van der Waals surface area contributed by atoms with Crippen LogP contribution in [-0.2, 0) is 14.8 Å². The number of nitrogens with zero attached hydrogens (tertiary/aromatic N) is 2. The standard InChI is InChI=1S/C29H35N3O8S/c1-6-7-16-40-22-10-8-21(9-11-22)19-30-31-29(33)20-32(25-17-23(36-2)12-14-26(25)37-3)41(34,35)24-13-15-27(38-4)28(18-24)39-5/h8-15,17-19H,6-7,16,20H2,1-5H3,(H,31,33)/b30-19-. The number of hydrogen-bond acceptors (Lipinski definition) is 9. The SMILES string of the molecule is CCCCOc1ccc(/C=N\NC(=O)CN(c2cc(OC)ccc2OC)S(=O)(=O)c2ccc(OC)c(OC)c2)cc1. The van der Waals surface area contributed by atoms with E-state index in [1.807, 2.05) is 12.1 Å². The Morgan fingerprint density at radius 3 is 2.15 bits per heavy atom. The predicted molar refractivity (Wildman–Crippen MR) is 156 cm³/mol. The molecule has 0 aromatic heterocycles. The summed E-state index contributed by atoms with van der Waals surface area (Å²) in [4.78, 5) is 12.9. The van der Waals surface area contributed by atoms with E-state index in [-0.39, 0.29) is 22.1 Å². The summed E-state index contributed by atoms with van der Waals surface area (Å²) in [6.45, 7) is 2.12. The summed E-state index contributed by atoms with van der Waals surface area (Å²) in [5.74, 6) is 1.20. The van der Waals surface area contributed by atoms with Gasteiger partial charge in [-0.15, -0.1) is 0 Å². The van der Waals surface area contributed by atoms with Gasteiger partial charge in [0, 0.05) is 12.1 Å². The molecule has 3 aromatic rings. The van der Waals surface area contributed by atoms with Crippen molar-refractivity contribution in [1.82, 2.24) is 5.43 Å². The van der Waals surface area contributed by atoms with Gasteiger partial charge in [0.15, 0.2) is 11.5 Å². The Balaban J connectivity index is 1.88. The Bertz CT molecular complexity index is 1440. The van der Waals surface area contributed by atoms with Gasteiger partial charge in [-0.2, -0.15) is 5.10 Å². The largest absolute Gasteiger partial charge is 0.497 e. The molecule has 3 rings (SSSR count). The lowest BCUT2D eigenvalue weighted by atomic mass is 10.2. The van der Waals surface area contributed by atoms with E-state index in [4.69, 9.17) is 23.7 Å². The van der Waals surface area contributed by atoms with Crippen molar-refractivity contribution in [3.05, 3.63) is 66.2 Å². The van der Waals surface area contributed by atoms with Crippen LogP contribution in [0.1, 0.15) is 25.3 Å². The average molecular weight is 586 g/mol. The molecule has 0 radical (unpaired) electrons. The van der Waals surface area contributed by atoms with Crippen LogP contribution < -0.4 is 33.4 Å². The summed E-state index contributed by atoms with van der Waals surface area (Å²) in [5.41, 5.74) is 3.21. The summed E-state index contributed by atoms with van der Waals surface area (Å²) in [5, 5.41) is 4.00. The van der Waals surface area contributed by atoms with Crippen LogP contribution in [-0.4, -0.2) is 62.1 Å². The van der Waals surface area contributed by atoms with Crippen molar-refractivity contribution in [3.8, 4) is 28.7 Å². The quantitative estimate of drug-likeness (QED) is 0.160. The number of sulfonamides is 1. The molecule has 220 valence electrons. The molecule has 41 heavy (non-hydrogen) atoms. The fourth-order valence-electron chi connectivity index (χ4n) is 3.72. The molecule has 3 aromatic carbocycles. The van der Waals surface area contributed by atoms with E-state index in [1.54, 1.807) is 24.3 Å². The van der Waals surface area contributed by atoms with Crippen molar-refractivity contribution in [2.45, 2.75) is 24.7 Å². The second kappa shape index (κ2) is 14.8. The van der Waals surface area contributed by atoms with Gasteiger partial charge in [-0.3, -0.25) is 9.10 Å². The molecule has 0 bridgehead atoms. The average Bonchev–Trinajstić information content (AvgIpc) is 2.99. The molecule has 1 amide bonds. The number of rotatable bonds is 15. The molecule has 1 N–H and O–H groups in total. The van der Waals surface area contributed by atoms with Crippen molar-refractivity contribution in [2.75, 3.05) is 45.9 Å². The van der Waals surface area contributed by atoms with E-state index in [0.29, 0.717) is 18.1 Å². The van der Waals surface area contributed by atoms with E-state index >= 15 is 0 Å². The Labute approximate surface area is 240 Å². The van der Waals surface area contributed by atoms with Crippen LogP contribution in [0.25, 0.3) is 0 Å². The maximum Gasteiger partial charge on any atom is 0.265 e. The van der Waals surface area contributed by atoms with Crippen molar-refractivity contribution >= 4 is 27.8 Å². The third-order valence-corrected chi connectivity index (χ3v) is 7.69. The van der Waals surface area contributed by atoms with Crippen molar-refractivity contribution < 1.29 is 36.9 Å². The van der Waals surface area contributed by atoms with Crippen LogP contribution in [0.15, 0.2) is 70.7 Å². The minimum absolute atomic E-state index is 0.0967. The number of unbranched alkanes of at least 4 members (excludes halogenated alkanes) is 1. The highest BCUT2D eigenvalue weighted by molar-refractivity contribution is 7.92. The number of methoxy groups -OCH3 is 4. The van der Waals surface area contributed by atoms with Gasteiger partial charge in [-0.1, -0.05) is 13.3 Å². The third-order valence-electron chi connectivity index (χ3n) is 5.93. The van der Waals surface area contributed by atoms with Gasteiger partial charge in [0.2, 0.25) is 0 Å². The first-order chi connectivity index (χ1) is 19.8. The fourth-order valence-corrected chi connectivity index (χ4v) is 5.16. The highest BCUT2D eigenvalue weighted by atomic mass is 32.2. The zero-order chi connectivity index (χ0) is 29.8. The van der Waals surface area contributed by atoms with Gasteiger partial charge in [-0.25, -0.2) is 13.8 Å². The second-order valence-electron chi connectivity index (χ2n) is 8.63. The molecular weight excluding hydrogens is 550 g/mol. The van der Waals surface area contributed by atoms with Crippen molar-refractivity contribution in [3.63, 3.8) is 0 Å². The van der Waals surface area contributed by atoms with E-state index < -0.39 is 22.5 Å². The number of nitrogens with one attached hydrogen (secondary N) is 1. The normalized spacial score (nSPS) is 11.1. The Morgan fingerprint density at radius 2 is 1.51 bits per heavy atom. The first-order valence-corrected chi connectivity index (χ1v) is 14.2. The van der Waals surface area contributed by atoms with Gasteiger partial charge in [-0.05, 0) is 60.5 Å². The Morgan fingerprint density at radius 1 is 0.854 bits per heavy atom. The Hall–Kier alpha value is -4.45. The number of hydrogen-bond donors (Lipinski definition) is 1. The van der Waals surface area contributed by atoms with Crippen LogP contribution in [0.2, 0.25) is 0 Å². The summed E-state index contributed by atoms with van der Waals surface area (Å²) in [7, 11) is 1.37. The van der Waals surface area contributed by atoms with Crippen LogP contribution in [0.4, 0.5) is 5.69 Å². The van der Waals surface area contributed by atoms with E-state index in [0.717, 1.165) is 28.5 Å². The highest BCUT2D eigenvalue weighted by Crippen LogP contribution is 2.37. The summed E-state index contributed by atoms with van der Waals surface area (Å²) >= 11 is 0. The molecule has 0 fully saturated rings. The van der Waals surface area contributed by atoms with Crippen LogP contribution in [0, 0.1) is 0 Å². The van der Waals surface area contributed by atoms with Crippen LogP contribution in [0.3, 0.4) is 0 Å². The number of anilines is 1. The van der Waals surface area contributed by atoms with Crippen LogP contribution in [0.5, 0.6) is 28.7 Å². The first-order valence-electron chi connectivity index (χ1n) is 12.8. The van der Waals surface area contributed by atoms with Crippen LogP contribution >= 0.6 is 0 Å². The van der Waals surface area contributed by atoms with Gasteiger partial charge in [0.05, 0.1) is 51.8 Å². The molecule has 11 nitrogen and oxygen atoms in total. The van der Waals surface area contributed by atoms with E-state index in [2.05, 4.69) is 17.5 Å². The number of carbonyl (C=O) groups excluding carboxylic acids is 1. The summed E-state index contributed by atoms with van der Waals surface area (Å²) in [6.07, 6.45) is 3.46. The lowest BCUT2D eigenvalue weighted by Gasteiger charge is -2.26. The van der Waals surface area contributed by atoms with E-state index in [1.165, 1.54) is 58.9 Å². The molecule has 0 atom stereocenters. The topological polar surface area (TPSA) is 125 Å². The number of amides is 1. The van der Waals surface area contributed by atoms with Gasteiger partial charge < -0.3 is 23.7 Å². The lowest BCUT2D eigenvalue weighted by Crippen LogP contribution is -2.39. The van der Waals surface area contributed by atoms with Gasteiger partial charge in [0.25, 0.3) is 15.9 Å². The third kappa shape index (κ3) is 8.04. The zero-order valence-corrected chi connectivity index (χ0v) is 24.6. The number of benzene rings is 3. The maximum atomic E-state index is 13.9. The molecule has 12 heteroatoms. The number of ether oxygens (including phenoxy) is 5. The number of carbonyl (C=O) groups is 1. The second-order valence-corrected chi connectivity index (χ2v) is 10.5. The molecule has 0 saturated carbocycles. The minimum atomic E-state index is -4.32. The van der Waals surface area contributed by atoms with Crippen molar-refractivity contribution in [2.24, 2.45) is 5.10 Å². The maximum absolute atomic E-state index is 13.9. The molecule has 0 aliphatic rings.